The van der Waals surface area contributed by atoms with Crippen LogP contribution < -0.4 is 10.1 Å². The first-order chi connectivity index (χ1) is 14.8. The standard InChI is InChI=1S/C20H20F3N3O2S.C2H6/c1-20(22,23)19-24-11-14(18(26-19)28-13-6-4-3-5-7-13)17(27)25-15(12-8-9-12)10-16(21)29-2;1-2/h3-7,10-12,15H,8-9H2,1-2H3,(H,25,27);1-2H3/b16-10+;. The number of alkyl halides is 2. The molecular formula is C22H26F3N3O2S. The van der Waals surface area contributed by atoms with Crippen molar-refractivity contribution in [1.82, 2.24) is 15.3 Å². The highest BCUT2D eigenvalue weighted by Gasteiger charge is 2.34. The van der Waals surface area contributed by atoms with Gasteiger partial charge in [0, 0.05) is 13.1 Å². The van der Waals surface area contributed by atoms with E-state index in [1.54, 1.807) is 36.6 Å². The van der Waals surface area contributed by atoms with Crippen molar-refractivity contribution in [3.8, 4) is 11.6 Å². The molecule has 0 saturated heterocycles. The number of ether oxygens (including phenoxy) is 1. The first kappa shape index (κ1) is 24.7. The topological polar surface area (TPSA) is 64.1 Å². The molecule has 1 fully saturated rings. The van der Waals surface area contributed by atoms with Crippen LogP contribution in [0.1, 0.15) is 49.8 Å². The van der Waals surface area contributed by atoms with Gasteiger partial charge in [-0.2, -0.15) is 18.2 Å². The van der Waals surface area contributed by atoms with Gasteiger partial charge in [0.25, 0.3) is 5.91 Å². The van der Waals surface area contributed by atoms with Crippen LogP contribution in [-0.4, -0.2) is 28.2 Å². The van der Waals surface area contributed by atoms with Gasteiger partial charge < -0.3 is 10.1 Å². The van der Waals surface area contributed by atoms with E-state index in [0.717, 1.165) is 30.8 Å². The number of rotatable bonds is 8. The third kappa shape index (κ3) is 7.27. The molecule has 168 valence electrons. The summed E-state index contributed by atoms with van der Waals surface area (Å²) in [5.41, 5.74) is -0.106. The van der Waals surface area contributed by atoms with Crippen molar-refractivity contribution in [2.24, 2.45) is 5.92 Å². The highest BCUT2D eigenvalue weighted by molar-refractivity contribution is 8.02. The largest absolute Gasteiger partial charge is 0.438 e. The van der Waals surface area contributed by atoms with Crippen molar-refractivity contribution in [2.45, 2.75) is 45.6 Å². The summed E-state index contributed by atoms with van der Waals surface area (Å²) < 4.78 is 46.7. The van der Waals surface area contributed by atoms with Gasteiger partial charge in [-0.05, 0) is 43.2 Å². The fraction of sp³-hybridized carbons (Fsp3) is 0.409. The Kier molecular flexibility index (Phi) is 8.91. The molecule has 0 aliphatic heterocycles. The fourth-order valence-corrected chi connectivity index (χ4v) is 2.88. The second-order valence-electron chi connectivity index (χ2n) is 6.73. The summed E-state index contributed by atoms with van der Waals surface area (Å²) in [7, 11) is 0. The van der Waals surface area contributed by atoms with Gasteiger partial charge in [-0.1, -0.05) is 43.8 Å². The average molecular weight is 454 g/mol. The number of nitrogens with zero attached hydrogens (tertiary/aromatic N) is 2. The fourth-order valence-electron chi connectivity index (χ4n) is 2.60. The van der Waals surface area contributed by atoms with Gasteiger partial charge in [0.15, 0.2) is 5.16 Å². The third-order valence-electron chi connectivity index (χ3n) is 4.28. The second-order valence-corrected chi connectivity index (χ2v) is 7.53. The number of amides is 1. The van der Waals surface area contributed by atoms with Gasteiger partial charge in [0.1, 0.15) is 11.3 Å². The summed E-state index contributed by atoms with van der Waals surface area (Å²) in [6.07, 6.45) is 5.70. The Morgan fingerprint density at radius 3 is 2.48 bits per heavy atom. The van der Waals surface area contributed by atoms with E-state index >= 15 is 0 Å². The summed E-state index contributed by atoms with van der Waals surface area (Å²) in [5, 5.41) is 2.33. The molecule has 5 nitrogen and oxygen atoms in total. The number of thioether (sulfide) groups is 1. The zero-order chi connectivity index (χ0) is 23.0. The quantitative estimate of drug-likeness (QED) is 0.524. The number of aromatic nitrogens is 2. The first-order valence-corrected chi connectivity index (χ1v) is 11.2. The Labute approximate surface area is 184 Å². The predicted octanol–water partition coefficient (Wildman–Crippen LogP) is 6.09. The molecule has 1 N–H and O–H groups in total. The zero-order valence-corrected chi connectivity index (χ0v) is 18.7. The lowest BCUT2D eigenvalue weighted by molar-refractivity contribution is 0.00707. The molecular weight excluding hydrogens is 427 g/mol. The minimum atomic E-state index is -3.30. The Morgan fingerprint density at radius 1 is 1.29 bits per heavy atom. The molecule has 2 aromatic rings. The van der Waals surface area contributed by atoms with E-state index in [1.807, 2.05) is 13.8 Å². The maximum atomic E-state index is 13.7. The lowest BCUT2D eigenvalue weighted by Crippen LogP contribution is -2.35. The molecule has 3 rings (SSSR count). The van der Waals surface area contributed by atoms with Crippen molar-refractivity contribution in [1.29, 1.82) is 0 Å². The van der Waals surface area contributed by atoms with Crippen LogP contribution in [0.5, 0.6) is 11.6 Å². The average Bonchev–Trinajstić information content (AvgIpc) is 3.60. The van der Waals surface area contributed by atoms with Gasteiger partial charge >= 0.3 is 5.92 Å². The Morgan fingerprint density at radius 2 is 1.94 bits per heavy atom. The molecule has 1 saturated carbocycles. The van der Waals surface area contributed by atoms with Gasteiger partial charge in [-0.3, -0.25) is 4.79 Å². The molecule has 1 aromatic heterocycles. The van der Waals surface area contributed by atoms with E-state index in [4.69, 9.17) is 4.74 Å². The second kappa shape index (κ2) is 11.2. The van der Waals surface area contributed by atoms with Crippen molar-refractivity contribution in [3.63, 3.8) is 0 Å². The van der Waals surface area contributed by atoms with Gasteiger partial charge in [0.05, 0.1) is 6.04 Å². The van der Waals surface area contributed by atoms with Crippen LogP contribution >= 0.6 is 11.8 Å². The van der Waals surface area contributed by atoms with Crippen LogP contribution in [0.4, 0.5) is 13.2 Å². The number of hydrogen-bond donors (Lipinski definition) is 1. The van der Waals surface area contributed by atoms with E-state index in [2.05, 4.69) is 15.3 Å². The minimum absolute atomic E-state index is 0.106. The maximum absolute atomic E-state index is 13.7. The van der Waals surface area contributed by atoms with E-state index in [0.29, 0.717) is 12.7 Å². The Hall–Kier alpha value is -2.55. The smallest absolute Gasteiger partial charge is 0.303 e. The Balaban J connectivity index is 0.00000166. The molecule has 1 unspecified atom stereocenters. The minimum Gasteiger partial charge on any atom is -0.438 e. The lowest BCUT2D eigenvalue weighted by Gasteiger charge is -2.17. The third-order valence-corrected chi connectivity index (χ3v) is 4.81. The molecule has 0 radical (unpaired) electrons. The van der Waals surface area contributed by atoms with E-state index in [-0.39, 0.29) is 17.4 Å². The normalized spacial score (nSPS) is 14.9. The van der Waals surface area contributed by atoms with Crippen LogP contribution in [0.25, 0.3) is 0 Å². The van der Waals surface area contributed by atoms with Crippen molar-refractivity contribution in [3.05, 3.63) is 59.2 Å². The highest BCUT2D eigenvalue weighted by atomic mass is 32.2. The summed E-state index contributed by atoms with van der Waals surface area (Å²) in [4.78, 5) is 20.2. The number of halogens is 3. The SMILES string of the molecule is CC.CS/C(F)=C/C(NC(=O)c1cnc(C(C)(F)F)nc1Oc1ccccc1)C1CC1. The molecule has 1 amide bonds. The number of carbonyl (C=O) groups excluding carboxylic acids is 1. The Bertz CT molecular complexity index is 901. The molecule has 1 heterocycles. The van der Waals surface area contributed by atoms with Crippen LogP contribution in [0.3, 0.4) is 0 Å². The summed E-state index contributed by atoms with van der Waals surface area (Å²) in [6.45, 7) is 4.66. The van der Waals surface area contributed by atoms with E-state index in [1.165, 1.54) is 6.08 Å². The summed E-state index contributed by atoms with van der Waals surface area (Å²) >= 11 is 0.941. The summed E-state index contributed by atoms with van der Waals surface area (Å²) in [5.74, 6) is -4.50. The molecule has 1 aliphatic rings. The van der Waals surface area contributed by atoms with Crippen LogP contribution in [0.15, 0.2) is 47.8 Å². The number of para-hydroxylation sites is 1. The monoisotopic (exact) mass is 453 g/mol. The molecule has 1 aliphatic carbocycles. The molecule has 9 heteroatoms. The number of hydrogen-bond acceptors (Lipinski definition) is 5. The molecule has 0 bridgehead atoms. The van der Waals surface area contributed by atoms with E-state index < -0.39 is 28.9 Å². The predicted molar refractivity (Wildman–Crippen MR) is 116 cm³/mol. The number of nitrogens with one attached hydrogen (secondary N) is 1. The number of carbonyl (C=O) groups is 1. The van der Waals surface area contributed by atoms with Crippen molar-refractivity contribution < 1.29 is 22.7 Å². The zero-order valence-electron chi connectivity index (χ0n) is 17.9. The van der Waals surface area contributed by atoms with Gasteiger partial charge in [-0.25, -0.2) is 4.98 Å². The van der Waals surface area contributed by atoms with E-state index in [9.17, 15) is 18.0 Å². The van der Waals surface area contributed by atoms with Gasteiger partial charge in [-0.15, -0.1) is 0 Å². The molecule has 1 aromatic carbocycles. The lowest BCUT2D eigenvalue weighted by atomic mass is 10.1. The summed E-state index contributed by atoms with van der Waals surface area (Å²) in [6, 6.07) is 7.87. The first-order valence-electron chi connectivity index (χ1n) is 9.98. The molecule has 31 heavy (non-hydrogen) atoms. The maximum Gasteiger partial charge on any atom is 0.303 e. The molecule has 1 atom stereocenters. The number of benzene rings is 1. The van der Waals surface area contributed by atoms with Crippen LogP contribution in [-0.2, 0) is 5.92 Å². The van der Waals surface area contributed by atoms with Gasteiger partial charge in [0.2, 0.25) is 11.7 Å². The van der Waals surface area contributed by atoms with Crippen LogP contribution in [0, 0.1) is 5.92 Å². The highest BCUT2D eigenvalue weighted by Crippen LogP contribution is 2.35. The van der Waals surface area contributed by atoms with Crippen LogP contribution in [0.2, 0.25) is 0 Å². The van der Waals surface area contributed by atoms with Crippen molar-refractivity contribution in [2.75, 3.05) is 6.26 Å². The molecule has 0 spiro atoms. The van der Waals surface area contributed by atoms with Crippen molar-refractivity contribution >= 4 is 17.7 Å².